The molecule has 0 bridgehead atoms. The van der Waals surface area contributed by atoms with E-state index in [0.717, 1.165) is 18.4 Å². The van der Waals surface area contributed by atoms with Gasteiger partial charge in [-0.15, -0.1) is 0 Å². The SMILES string of the molecule is COc1ccc(C(=O)[C@H]2OC3=C(C(=O)CCC3)[C@@H]2c2ccccc2)cc1. The van der Waals surface area contributed by atoms with Crippen molar-refractivity contribution in [3.8, 4) is 5.75 Å². The largest absolute Gasteiger partial charge is 0.497 e. The van der Waals surface area contributed by atoms with Gasteiger partial charge in [0.25, 0.3) is 0 Å². The first-order valence-electron chi connectivity index (χ1n) is 8.85. The van der Waals surface area contributed by atoms with E-state index in [1.165, 1.54) is 0 Å². The summed E-state index contributed by atoms with van der Waals surface area (Å²) in [5.41, 5.74) is 2.19. The summed E-state index contributed by atoms with van der Waals surface area (Å²) in [4.78, 5) is 25.8. The molecule has 4 heteroatoms. The molecule has 4 rings (SSSR count). The highest BCUT2D eigenvalue weighted by atomic mass is 16.5. The van der Waals surface area contributed by atoms with Gasteiger partial charge in [0.1, 0.15) is 11.5 Å². The molecule has 1 heterocycles. The molecule has 2 aromatic carbocycles. The van der Waals surface area contributed by atoms with Gasteiger partial charge < -0.3 is 9.47 Å². The second-order valence-corrected chi connectivity index (χ2v) is 6.63. The zero-order chi connectivity index (χ0) is 18.1. The third-order valence-electron chi connectivity index (χ3n) is 5.08. The van der Waals surface area contributed by atoms with Gasteiger partial charge in [0.05, 0.1) is 13.0 Å². The Balaban J connectivity index is 1.72. The lowest BCUT2D eigenvalue weighted by Crippen LogP contribution is -2.28. The minimum absolute atomic E-state index is 0.102. The molecule has 0 aromatic heterocycles. The molecule has 0 saturated carbocycles. The molecule has 1 aliphatic heterocycles. The number of rotatable bonds is 4. The monoisotopic (exact) mass is 348 g/mol. The van der Waals surface area contributed by atoms with Gasteiger partial charge in [-0.1, -0.05) is 30.3 Å². The summed E-state index contributed by atoms with van der Waals surface area (Å²) >= 11 is 0. The van der Waals surface area contributed by atoms with Gasteiger partial charge in [-0.2, -0.15) is 0 Å². The first-order chi connectivity index (χ1) is 12.7. The van der Waals surface area contributed by atoms with Crippen LogP contribution in [0.25, 0.3) is 0 Å². The molecule has 0 saturated heterocycles. The predicted molar refractivity (Wildman–Crippen MR) is 97.3 cm³/mol. The highest BCUT2D eigenvalue weighted by molar-refractivity contribution is 6.05. The number of carbonyl (C=O) groups excluding carboxylic acids is 2. The van der Waals surface area contributed by atoms with Crippen molar-refractivity contribution in [2.45, 2.75) is 31.3 Å². The van der Waals surface area contributed by atoms with Crippen molar-refractivity contribution < 1.29 is 19.1 Å². The van der Waals surface area contributed by atoms with Crippen LogP contribution >= 0.6 is 0 Å². The van der Waals surface area contributed by atoms with Gasteiger partial charge in [-0.3, -0.25) is 9.59 Å². The molecule has 0 amide bonds. The summed E-state index contributed by atoms with van der Waals surface area (Å²) in [7, 11) is 1.59. The van der Waals surface area contributed by atoms with E-state index in [2.05, 4.69) is 0 Å². The fourth-order valence-electron chi connectivity index (χ4n) is 3.80. The van der Waals surface area contributed by atoms with Crippen molar-refractivity contribution in [3.05, 3.63) is 77.1 Å². The number of hydrogen-bond donors (Lipinski definition) is 0. The van der Waals surface area contributed by atoms with Crippen LogP contribution in [0.15, 0.2) is 65.9 Å². The number of carbonyl (C=O) groups is 2. The topological polar surface area (TPSA) is 52.6 Å². The van der Waals surface area contributed by atoms with Crippen LogP contribution in [0.1, 0.15) is 41.1 Å². The summed E-state index contributed by atoms with van der Waals surface area (Å²) in [6.45, 7) is 0. The van der Waals surface area contributed by atoms with Crippen LogP contribution in [-0.4, -0.2) is 24.8 Å². The molecule has 2 atom stereocenters. The van der Waals surface area contributed by atoms with E-state index in [1.54, 1.807) is 31.4 Å². The fraction of sp³-hybridized carbons (Fsp3) is 0.273. The zero-order valence-corrected chi connectivity index (χ0v) is 14.6. The molecule has 132 valence electrons. The van der Waals surface area contributed by atoms with Gasteiger partial charge in [0.2, 0.25) is 5.78 Å². The summed E-state index contributed by atoms with van der Waals surface area (Å²) < 4.78 is 11.2. The van der Waals surface area contributed by atoms with Gasteiger partial charge in [0, 0.05) is 24.0 Å². The zero-order valence-electron chi connectivity index (χ0n) is 14.6. The van der Waals surface area contributed by atoms with E-state index in [9.17, 15) is 9.59 Å². The number of methoxy groups -OCH3 is 1. The van der Waals surface area contributed by atoms with Crippen LogP contribution in [-0.2, 0) is 9.53 Å². The van der Waals surface area contributed by atoms with E-state index in [0.29, 0.717) is 29.1 Å². The summed E-state index contributed by atoms with van der Waals surface area (Å²) in [5.74, 6) is 1.05. The average molecular weight is 348 g/mol. The Morgan fingerprint density at radius 1 is 1.04 bits per heavy atom. The van der Waals surface area contributed by atoms with E-state index < -0.39 is 6.10 Å². The molecular weight excluding hydrogens is 328 g/mol. The molecule has 2 aromatic rings. The molecule has 26 heavy (non-hydrogen) atoms. The maximum absolute atomic E-state index is 13.2. The van der Waals surface area contributed by atoms with E-state index in [4.69, 9.17) is 9.47 Å². The Kier molecular flexibility index (Phi) is 4.33. The van der Waals surface area contributed by atoms with Crippen molar-refractivity contribution in [1.29, 1.82) is 0 Å². The van der Waals surface area contributed by atoms with Crippen molar-refractivity contribution in [2.75, 3.05) is 7.11 Å². The second-order valence-electron chi connectivity index (χ2n) is 6.63. The number of hydrogen-bond acceptors (Lipinski definition) is 4. The molecule has 2 aliphatic rings. The van der Waals surface area contributed by atoms with Gasteiger partial charge >= 0.3 is 0 Å². The molecule has 4 nitrogen and oxygen atoms in total. The number of Topliss-reactive ketones (excluding diaryl/α,β-unsaturated/α-hetero) is 2. The van der Waals surface area contributed by atoms with Crippen molar-refractivity contribution in [1.82, 2.24) is 0 Å². The van der Waals surface area contributed by atoms with Crippen molar-refractivity contribution >= 4 is 11.6 Å². The number of ketones is 2. The minimum atomic E-state index is -0.696. The smallest absolute Gasteiger partial charge is 0.204 e. The highest BCUT2D eigenvalue weighted by Crippen LogP contribution is 2.45. The van der Waals surface area contributed by atoms with Crippen LogP contribution < -0.4 is 4.74 Å². The fourth-order valence-corrected chi connectivity index (χ4v) is 3.80. The lowest BCUT2D eigenvalue weighted by Gasteiger charge is -2.20. The first kappa shape index (κ1) is 16.6. The molecule has 1 aliphatic carbocycles. The Morgan fingerprint density at radius 3 is 2.46 bits per heavy atom. The van der Waals surface area contributed by atoms with Crippen LogP contribution in [0.2, 0.25) is 0 Å². The Labute approximate surface area is 152 Å². The number of benzene rings is 2. The van der Waals surface area contributed by atoms with Crippen LogP contribution in [0, 0.1) is 0 Å². The first-order valence-corrected chi connectivity index (χ1v) is 8.85. The standard InChI is InChI=1S/C22H20O4/c1-25-16-12-10-15(11-13-16)21(24)22-19(14-6-3-2-4-7-14)20-17(23)8-5-9-18(20)26-22/h2-4,6-7,10-13,19,22H,5,8-9H2,1H3/t19-,22-/m0/s1. The second kappa shape index (κ2) is 6.79. The van der Waals surface area contributed by atoms with Crippen molar-refractivity contribution in [3.63, 3.8) is 0 Å². The number of ether oxygens (including phenoxy) is 2. The molecule has 0 unspecified atom stereocenters. The quantitative estimate of drug-likeness (QED) is 0.782. The van der Waals surface area contributed by atoms with Crippen LogP contribution in [0.5, 0.6) is 5.75 Å². The summed E-state index contributed by atoms with van der Waals surface area (Å²) in [5, 5.41) is 0. The lowest BCUT2D eigenvalue weighted by molar-refractivity contribution is -0.116. The predicted octanol–water partition coefficient (Wildman–Crippen LogP) is 4.07. The Hall–Kier alpha value is -2.88. The summed E-state index contributed by atoms with van der Waals surface area (Å²) in [6.07, 6.45) is 1.33. The molecule has 0 radical (unpaired) electrons. The molecule has 0 fully saturated rings. The minimum Gasteiger partial charge on any atom is -0.497 e. The van der Waals surface area contributed by atoms with Gasteiger partial charge in [-0.25, -0.2) is 0 Å². The summed E-state index contributed by atoms with van der Waals surface area (Å²) in [6, 6.07) is 16.7. The van der Waals surface area contributed by atoms with E-state index in [1.807, 2.05) is 30.3 Å². The molecule has 0 N–H and O–H groups in total. The van der Waals surface area contributed by atoms with Gasteiger partial charge in [0.15, 0.2) is 11.9 Å². The third kappa shape index (κ3) is 2.81. The van der Waals surface area contributed by atoms with Crippen molar-refractivity contribution in [2.24, 2.45) is 0 Å². The normalized spacial score (nSPS) is 22.0. The Morgan fingerprint density at radius 2 is 1.77 bits per heavy atom. The highest BCUT2D eigenvalue weighted by Gasteiger charge is 2.45. The number of allylic oxidation sites excluding steroid dienone is 1. The van der Waals surface area contributed by atoms with E-state index >= 15 is 0 Å². The average Bonchev–Trinajstić information content (AvgIpc) is 3.09. The maximum atomic E-state index is 13.2. The maximum Gasteiger partial charge on any atom is 0.204 e. The third-order valence-corrected chi connectivity index (χ3v) is 5.08. The van der Waals surface area contributed by atoms with E-state index in [-0.39, 0.29) is 17.5 Å². The molecule has 0 spiro atoms. The van der Waals surface area contributed by atoms with Crippen LogP contribution in [0.4, 0.5) is 0 Å². The lowest BCUT2D eigenvalue weighted by atomic mass is 9.80. The molecular formula is C22H20O4. The van der Waals surface area contributed by atoms with Gasteiger partial charge in [-0.05, 0) is 36.2 Å². The van der Waals surface area contributed by atoms with Crippen LogP contribution in [0.3, 0.4) is 0 Å². The Bertz CT molecular complexity index is 865.